The van der Waals surface area contributed by atoms with E-state index in [9.17, 15) is 16.8 Å². The van der Waals surface area contributed by atoms with E-state index in [0.29, 0.717) is 31.7 Å². The van der Waals surface area contributed by atoms with Crippen molar-refractivity contribution >= 4 is 20.1 Å². The number of aromatic nitrogens is 1. The van der Waals surface area contributed by atoms with E-state index in [4.69, 9.17) is 9.29 Å². The number of hydrogen-bond acceptors (Lipinski definition) is 6. The van der Waals surface area contributed by atoms with Crippen molar-refractivity contribution in [1.82, 2.24) is 9.29 Å². The van der Waals surface area contributed by atoms with E-state index in [0.717, 1.165) is 6.07 Å². The predicted octanol–water partition coefficient (Wildman–Crippen LogP) is 0.131. The van der Waals surface area contributed by atoms with Gasteiger partial charge in [0.15, 0.2) is 5.03 Å². The van der Waals surface area contributed by atoms with Crippen LogP contribution in [0.4, 0.5) is 0 Å². The van der Waals surface area contributed by atoms with Crippen molar-refractivity contribution < 1.29 is 26.1 Å². The normalized spacial score (nSPS) is 18.6. The maximum Gasteiger partial charge on any atom is 0.312 e. The summed E-state index contributed by atoms with van der Waals surface area (Å²) in [5, 5.41) is -0.443. The Balaban J connectivity index is 1.95. The molecular weight excluding hydrogens is 320 g/mol. The quantitative estimate of drug-likeness (QED) is 0.777. The summed E-state index contributed by atoms with van der Waals surface area (Å²) in [6.07, 6.45) is 3.33. The SMILES string of the molecule is CS(=O)(=O)N1CCC(Oc2ccc(S(=O)(=O)O)nc2)CC1. The van der Waals surface area contributed by atoms with Gasteiger partial charge in [-0.3, -0.25) is 4.55 Å². The minimum Gasteiger partial charge on any atom is -0.489 e. The van der Waals surface area contributed by atoms with Gasteiger partial charge in [0, 0.05) is 13.1 Å². The molecule has 0 unspecified atom stereocenters. The topological polar surface area (TPSA) is 114 Å². The number of hydrogen-bond donors (Lipinski definition) is 1. The first-order chi connectivity index (χ1) is 9.66. The molecule has 0 amide bonds. The van der Waals surface area contributed by atoms with Crippen molar-refractivity contribution in [2.45, 2.75) is 24.0 Å². The maximum absolute atomic E-state index is 11.4. The van der Waals surface area contributed by atoms with Crippen LogP contribution in [0.3, 0.4) is 0 Å². The fraction of sp³-hybridized carbons (Fsp3) is 0.545. The van der Waals surface area contributed by atoms with Crippen LogP contribution < -0.4 is 4.74 Å². The molecule has 0 bridgehead atoms. The van der Waals surface area contributed by atoms with Gasteiger partial charge in [-0.15, -0.1) is 0 Å². The smallest absolute Gasteiger partial charge is 0.312 e. The van der Waals surface area contributed by atoms with Gasteiger partial charge < -0.3 is 4.74 Å². The van der Waals surface area contributed by atoms with Gasteiger partial charge in [-0.25, -0.2) is 17.7 Å². The van der Waals surface area contributed by atoms with E-state index in [2.05, 4.69) is 4.98 Å². The zero-order valence-corrected chi connectivity index (χ0v) is 13.0. The van der Waals surface area contributed by atoms with E-state index >= 15 is 0 Å². The van der Waals surface area contributed by atoms with Crippen LogP contribution in [-0.4, -0.2) is 56.1 Å². The standard InChI is InChI=1S/C11H16N2O6S2/c1-20(14,15)13-6-4-9(5-7-13)19-10-2-3-11(12-8-10)21(16,17)18/h2-3,8-9H,4-7H2,1H3,(H,16,17,18). The Morgan fingerprint density at radius 3 is 2.29 bits per heavy atom. The van der Waals surface area contributed by atoms with Crippen LogP contribution >= 0.6 is 0 Å². The first kappa shape index (κ1) is 16.1. The highest BCUT2D eigenvalue weighted by atomic mass is 32.2. The largest absolute Gasteiger partial charge is 0.489 e. The predicted molar refractivity (Wildman–Crippen MR) is 74.1 cm³/mol. The van der Waals surface area contributed by atoms with Gasteiger partial charge in [-0.05, 0) is 25.0 Å². The average Bonchev–Trinajstić information content (AvgIpc) is 2.38. The summed E-state index contributed by atoms with van der Waals surface area (Å²) in [5.41, 5.74) is 0. The highest BCUT2D eigenvalue weighted by Crippen LogP contribution is 2.20. The molecule has 1 aromatic heterocycles. The lowest BCUT2D eigenvalue weighted by atomic mass is 10.1. The fourth-order valence-corrected chi connectivity index (χ4v) is 3.36. The van der Waals surface area contributed by atoms with Crippen molar-refractivity contribution in [3.63, 3.8) is 0 Å². The Hall–Kier alpha value is -1.23. The summed E-state index contributed by atoms with van der Waals surface area (Å²) in [5.74, 6) is 0.375. The number of sulfonamides is 1. The minimum atomic E-state index is -4.32. The Morgan fingerprint density at radius 1 is 1.24 bits per heavy atom. The number of pyridine rings is 1. The summed E-state index contributed by atoms with van der Waals surface area (Å²) in [7, 11) is -7.49. The van der Waals surface area contributed by atoms with Crippen molar-refractivity contribution in [2.24, 2.45) is 0 Å². The summed E-state index contributed by atoms with van der Waals surface area (Å²) in [6, 6.07) is 2.55. The highest BCUT2D eigenvalue weighted by Gasteiger charge is 2.26. The average molecular weight is 336 g/mol. The van der Waals surface area contributed by atoms with Crippen LogP contribution in [0, 0.1) is 0 Å². The lowest BCUT2D eigenvalue weighted by Crippen LogP contribution is -2.41. The van der Waals surface area contributed by atoms with Crippen molar-refractivity contribution in [3.8, 4) is 5.75 Å². The summed E-state index contributed by atoms with van der Waals surface area (Å²) < 4.78 is 60.3. The molecular formula is C11H16N2O6S2. The molecule has 2 heterocycles. The second-order valence-electron chi connectivity index (χ2n) is 4.79. The number of nitrogens with zero attached hydrogens (tertiary/aromatic N) is 2. The van der Waals surface area contributed by atoms with Crippen LogP contribution in [0.2, 0.25) is 0 Å². The molecule has 0 aromatic carbocycles. The molecule has 1 aliphatic heterocycles. The van der Waals surface area contributed by atoms with Crippen molar-refractivity contribution in [1.29, 1.82) is 0 Å². The Kier molecular flexibility index (Phi) is 4.51. The molecule has 21 heavy (non-hydrogen) atoms. The van der Waals surface area contributed by atoms with Crippen LogP contribution in [0.15, 0.2) is 23.4 Å². The third-order valence-corrected chi connectivity index (χ3v) is 5.22. The Labute approximate surface area is 123 Å². The molecule has 1 aliphatic rings. The molecule has 1 aromatic rings. The maximum atomic E-state index is 11.4. The minimum absolute atomic E-state index is 0.151. The van der Waals surface area contributed by atoms with E-state index in [1.54, 1.807) is 0 Å². The lowest BCUT2D eigenvalue weighted by Gasteiger charge is -2.30. The van der Waals surface area contributed by atoms with Gasteiger partial charge in [0.25, 0.3) is 0 Å². The molecule has 0 spiro atoms. The fourth-order valence-electron chi connectivity index (χ4n) is 2.06. The molecule has 0 radical (unpaired) electrons. The first-order valence-electron chi connectivity index (χ1n) is 6.21. The molecule has 118 valence electrons. The van der Waals surface area contributed by atoms with E-state index in [1.165, 1.54) is 22.8 Å². The van der Waals surface area contributed by atoms with Crippen LogP contribution in [0.5, 0.6) is 5.75 Å². The third kappa shape index (κ3) is 4.37. The molecule has 0 atom stereocenters. The zero-order valence-electron chi connectivity index (χ0n) is 11.3. The molecule has 10 heteroatoms. The molecule has 0 saturated carbocycles. The van der Waals surface area contributed by atoms with E-state index < -0.39 is 25.2 Å². The molecule has 8 nitrogen and oxygen atoms in total. The number of ether oxygens (including phenoxy) is 1. The number of rotatable bonds is 4. The molecule has 1 fully saturated rings. The van der Waals surface area contributed by atoms with Crippen molar-refractivity contribution in [2.75, 3.05) is 19.3 Å². The zero-order chi connectivity index (χ0) is 15.7. The summed E-state index contributed by atoms with van der Waals surface area (Å²) in [6.45, 7) is 0.778. The van der Waals surface area contributed by atoms with E-state index in [-0.39, 0.29) is 6.10 Å². The van der Waals surface area contributed by atoms with Gasteiger partial charge >= 0.3 is 10.1 Å². The lowest BCUT2D eigenvalue weighted by molar-refractivity contribution is 0.135. The van der Waals surface area contributed by atoms with Crippen LogP contribution in [0.1, 0.15) is 12.8 Å². The third-order valence-electron chi connectivity index (χ3n) is 3.15. The molecule has 0 aliphatic carbocycles. The van der Waals surface area contributed by atoms with Gasteiger partial charge in [0.1, 0.15) is 11.9 Å². The Morgan fingerprint density at radius 2 is 1.86 bits per heavy atom. The Bertz CT molecular complexity index is 691. The second-order valence-corrected chi connectivity index (χ2v) is 8.14. The van der Waals surface area contributed by atoms with Gasteiger partial charge in [-0.2, -0.15) is 8.42 Å². The van der Waals surface area contributed by atoms with Gasteiger partial charge in [0.05, 0.1) is 12.5 Å². The van der Waals surface area contributed by atoms with Crippen LogP contribution in [0.25, 0.3) is 0 Å². The molecule has 1 saturated heterocycles. The summed E-state index contributed by atoms with van der Waals surface area (Å²) in [4.78, 5) is 3.60. The van der Waals surface area contributed by atoms with Crippen molar-refractivity contribution in [3.05, 3.63) is 18.3 Å². The van der Waals surface area contributed by atoms with E-state index in [1.807, 2.05) is 0 Å². The highest BCUT2D eigenvalue weighted by molar-refractivity contribution is 7.88. The summed E-state index contributed by atoms with van der Waals surface area (Å²) >= 11 is 0. The van der Waals surface area contributed by atoms with Gasteiger partial charge in [-0.1, -0.05) is 0 Å². The monoisotopic (exact) mass is 336 g/mol. The molecule has 2 rings (SSSR count). The second kappa shape index (κ2) is 5.87. The van der Waals surface area contributed by atoms with Crippen LogP contribution in [-0.2, 0) is 20.1 Å². The molecule has 1 N–H and O–H groups in total. The number of piperidine rings is 1. The first-order valence-corrected chi connectivity index (χ1v) is 9.50. The van der Waals surface area contributed by atoms with Gasteiger partial charge in [0.2, 0.25) is 10.0 Å².